The Bertz CT molecular complexity index is 953. The summed E-state index contributed by atoms with van der Waals surface area (Å²) < 4.78 is 49.9. The average molecular weight is 349 g/mol. The first-order valence-corrected chi connectivity index (χ1v) is 8.47. The molecule has 0 saturated carbocycles. The molecule has 0 spiro atoms. The van der Waals surface area contributed by atoms with Crippen LogP contribution in [0, 0.1) is 0 Å². The third-order valence-electron chi connectivity index (χ3n) is 3.52. The van der Waals surface area contributed by atoms with Gasteiger partial charge in [0, 0.05) is 11.1 Å². The Morgan fingerprint density at radius 1 is 0.958 bits per heavy atom. The molecule has 0 amide bonds. The largest absolute Gasteiger partial charge is 0.333 e. The highest BCUT2D eigenvalue weighted by Gasteiger charge is 2.20. The highest BCUT2D eigenvalue weighted by molar-refractivity contribution is 7.89. The summed E-state index contributed by atoms with van der Waals surface area (Å²) in [7, 11) is -3.85. The predicted octanol–water partition coefficient (Wildman–Crippen LogP) is 3.26. The molecule has 2 N–H and O–H groups in total. The number of aromatic nitrogens is 2. The van der Waals surface area contributed by atoms with Gasteiger partial charge in [-0.05, 0) is 17.7 Å². The second kappa shape index (κ2) is 6.14. The number of sulfonamides is 1. The van der Waals surface area contributed by atoms with Gasteiger partial charge in [0.25, 0.3) is 0 Å². The smallest absolute Gasteiger partial charge is 0.225 e. The molecule has 24 heavy (non-hydrogen) atoms. The molecule has 0 bridgehead atoms. The molecule has 0 radical (unpaired) electrons. The Labute approximate surface area is 137 Å². The number of rotatable bonds is 4. The molecule has 1 aromatic heterocycles. The van der Waals surface area contributed by atoms with Crippen molar-refractivity contribution in [2.45, 2.75) is 11.4 Å². The molecule has 8 heteroatoms. The topological polar surface area (TPSA) is 78.0 Å². The molecular weight excluding hydrogens is 336 g/mol. The van der Waals surface area contributed by atoms with Gasteiger partial charge in [-0.25, -0.2) is 18.2 Å². The lowest BCUT2D eigenvalue weighted by Gasteiger charge is -2.10. The van der Waals surface area contributed by atoms with E-state index in [9.17, 15) is 17.2 Å². The molecule has 0 aliphatic rings. The third-order valence-corrected chi connectivity index (χ3v) is 4.45. The summed E-state index contributed by atoms with van der Waals surface area (Å²) in [6.07, 6.45) is 1.37. The lowest BCUT2D eigenvalue weighted by atomic mass is 10.0. The first-order chi connectivity index (χ1) is 11.4. The molecule has 0 fully saturated rings. The van der Waals surface area contributed by atoms with E-state index in [1.807, 2.05) is 6.07 Å². The van der Waals surface area contributed by atoms with Gasteiger partial charge >= 0.3 is 6.55 Å². The number of hydrogen-bond donors (Lipinski definition) is 1. The summed E-state index contributed by atoms with van der Waals surface area (Å²) in [5, 5.41) is 8.82. The normalized spacial score (nSPS) is 11.8. The fourth-order valence-corrected chi connectivity index (χ4v) is 2.94. The lowest BCUT2D eigenvalue weighted by molar-refractivity contribution is 0.0585. The van der Waals surface area contributed by atoms with E-state index in [1.54, 1.807) is 24.3 Å². The van der Waals surface area contributed by atoms with E-state index in [1.165, 1.54) is 30.5 Å². The number of nitrogens with zero attached hydrogens (tertiary/aromatic N) is 2. The van der Waals surface area contributed by atoms with Crippen molar-refractivity contribution in [1.82, 2.24) is 9.78 Å². The van der Waals surface area contributed by atoms with Crippen LogP contribution in [0.15, 0.2) is 65.7 Å². The van der Waals surface area contributed by atoms with Crippen molar-refractivity contribution >= 4 is 10.0 Å². The summed E-state index contributed by atoms with van der Waals surface area (Å²) >= 11 is 0. The van der Waals surface area contributed by atoms with Gasteiger partial charge in [-0.3, -0.25) is 0 Å². The Morgan fingerprint density at radius 2 is 1.58 bits per heavy atom. The van der Waals surface area contributed by atoms with Gasteiger partial charge in [0.05, 0.1) is 16.8 Å². The first-order valence-electron chi connectivity index (χ1n) is 6.92. The summed E-state index contributed by atoms with van der Waals surface area (Å²) in [5.74, 6) is 0. The maximum Gasteiger partial charge on any atom is 0.333 e. The van der Waals surface area contributed by atoms with Crippen LogP contribution in [0.2, 0.25) is 0 Å². The number of alkyl halides is 2. The zero-order chi connectivity index (χ0) is 17.3. The molecular formula is C16H13F2N3O2S. The van der Waals surface area contributed by atoms with E-state index in [4.69, 9.17) is 5.14 Å². The number of halogens is 2. The van der Waals surface area contributed by atoms with E-state index >= 15 is 0 Å². The van der Waals surface area contributed by atoms with Crippen molar-refractivity contribution in [2.75, 3.05) is 0 Å². The molecule has 5 nitrogen and oxygen atoms in total. The first kappa shape index (κ1) is 16.3. The molecule has 3 aromatic rings. The lowest BCUT2D eigenvalue weighted by Crippen LogP contribution is -2.11. The minimum atomic E-state index is -3.85. The van der Waals surface area contributed by atoms with Crippen LogP contribution in [-0.4, -0.2) is 18.2 Å². The van der Waals surface area contributed by atoms with Crippen molar-refractivity contribution in [2.24, 2.45) is 5.14 Å². The van der Waals surface area contributed by atoms with Crippen LogP contribution in [0.5, 0.6) is 0 Å². The quantitative estimate of drug-likeness (QED) is 0.785. The van der Waals surface area contributed by atoms with Crippen LogP contribution in [0.4, 0.5) is 8.78 Å². The van der Waals surface area contributed by atoms with Crippen molar-refractivity contribution in [1.29, 1.82) is 0 Å². The van der Waals surface area contributed by atoms with Crippen LogP contribution in [0.3, 0.4) is 0 Å². The monoisotopic (exact) mass is 349 g/mol. The molecule has 2 aromatic carbocycles. The second-order valence-corrected chi connectivity index (χ2v) is 6.63. The SMILES string of the molecule is NS(=O)(=O)c1ccc(-c2c(-c3ccccc3)cnn2C(F)F)cc1. The maximum absolute atomic E-state index is 13.3. The van der Waals surface area contributed by atoms with Crippen LogP contribution < -0.4 is 5.14 Å². The van der Waals surface area contributed by atoms with Gasteiger partial charge in [0.15, 0.2) is 0 Å². The Kier molecular flexibility index (Phi) is 4.16. The predicted molar refractivity (Wildman–Crippen MR) is 85.7 cm³/mol. The molecule has 0 unspecified atom stereocenters. The van der Waals surface area contributed by atoms with E-state index in [0.29, 0.717) is 15.8 Å². The van der Waals surface area contributed by atoms with Crippen molar-refractivity contribution in [3.8, 4) is 22.4 Å². The highest BCUT2D eigenvalue weighted by atomic mass is 32.2. The van der Waals surface area contributed by atoms with E-state index in [0.717, 1.165) is 5.56 Å². The third kappa shape index (κ3) is 3.06. The number of benzene rings is 2. The summed E-state index contributed by atoms with van der Waals surface area (Å²) in [6.45, 7) is -2.82. The Balaban J connectivity index is 2.17. The van der Waals surface area contributed by atoms with E-state index in [-0.39, 0.29) is 10.6 Å². The average Bonchev–Trinajstić information content (AvgIpc) is 3.00. The molecule has 1 heterocycles. The maximum atomic E-state index is 13.3. The standard InChI is InChI=1S/C16H13F2N3O2S/c17-16(18)21-15(12-6-8-13(9-7-12)24(19,22)23)14(10-20-21)11-4-2-1-3-5-11/h1-10,16H,(H2,19,22,23). The summed E-state index contributed by atoms with van der Waals surface area (Å²) in [5.41, 5.74) is 1.88. The van der Waals surface area contributed by atoms with E-state index in [2.05, 4.69) is 5.10 Å². The summed E-state index contributed by atoms with van der Waals surface area (Å²) in [6, 6.07) is 14.4. The van der Waals surface area contributed by atoms with Gasteiger partial charge in [0.2, 0.25) is 10.0 Å². The van der Waals surface area contributed by atoms with Crippen LogP contribution in [0.25, 0.3) is 22.4 Å². The fourth-order valence-electron chi connectivity index (χ4n) is 2.43. The minimum absolute atomic E-state index is 0.0874. The molecule has 3 rings (SSSR count). The molecule has 0 saturated heterocycles. The van der Waals surface area contributed by atoms with Crippen LogP contribution >= 0.6 is 0 Å². The molecule has 124 valence electrons. The van der Waals surface area contributed by atoms with Crippen LogP contribution in [-0.2, 0) is 10.0 Å². The van der Waals surface area contributed by atoms with Crippen LogP contribution in [0.1, 0.15) is 6.55 Å². The van der Waals surface area contributed by atoms with Crippen molar-refractivity contribution < 1.29 is 17.2 Å². The second-order valence-electron chi connectivity index (χ2n) is 5.06. The minimum Gasteiger partial charge on any atom is -0.225 e. The van der Waals surface area contributed by atoms with E-state index < -0.39 is 16.6 Å². The zero-order valence-corrected chi connectivity index (χ0v) is 13.1. The fraction of sp³-hybridized carbons (Fsp3) is 0.0625. The molecule has 0 aliphatic carbocycles. The molecule has 0 atom stereocenters. The van der Waals surface area contributed by atoms with Gasteiger partial charge < -0.3 is 0 Å². The van der Waals surface area contributed by atoms with Crippen molar-refractivity contribution in [3.05, 3.63) is 60.8 Å². The number of nitrogens with two attached hydrogens (primary N) is 1. The summed E-state index contributed by atoms with van der Waals surface area (Å²) in [4.78, 5) is -0.0874. The number of primary sulfonamides is 1. The van der Waals surface area contributed by atoms with Crippen molar-refractivity contribution in [3.63, 3.8) is 0 Å². The highest BCUT2D eigenvalue weighted by Crippen LogP contribution is 2.34. The zero-order valence-electron chi connectivity index (χ0n) is 12.3. The van der Waals surface area contributed by atoms with Gasteiger partial charge in [-0.1, -0.05) is 42.5 Å². The van der Waals surface area contributed by atoms with Gasteiger partial charge in [-0.2, -0.15) is 13.9 Å². The Morgan fingerprint density at radius 3 is 2.12 bits per heavy atom. The number of hydrogen-bond acceptors (Lipinski definition) is 3. The van der Waals surface area contributed by atoms with Gasteiger partial charge in [0.1, 0.15) is 0 Å². The molecule has 0 aliphatic heterocycles. The Hall–Kier alpha value is -2.58. The van der Waals surface area contributed by atoms with Gasteiger partial charge in [-0.15, -0.1) is 0 Å².